The average molecular weight is 712 g/mol. The van der Waals surface area contributed by atoms with Crippen molar-refractivity contribution in [2.75, 3.05) is 17.4 Å². The van der Waals surface area contributed by atoms with Crippen molar-refractivity contribution in [2.45, 2.75) is 49.7 Å². The summed E-state index contributed by atoms with van der Waals surface area (Å²) in [7, 11) is -1.58. The van der Waals surface area contributed by atoms with Gasteiger partial charge in [0.2, 0.25) is 0 Å². The van der Waals surface area contributed by atoms with Gasteiger partial charge in [0.15, 0.2) is 0 Å². The molecule has 0 saturated heterocycles. The summed E-state index contributed by atoms with van der Waals surface area (Å²) in [5.74, 6) is 0.117. The minimum atomic E-state index is -1.43. The third-order valence-corrected chi connectivity index (χ3v) is 14.5. The normalized spacial score (nSPS) is 14.1. The molecule has 1 aliphatic carbocycles. The summed E-state index contributed by atoms with van der Waals surface area (Å²) in [6, 6.07) is 59.5. The van der Waals surface area contributed by atoms with E-state index in [-0.39, 0.29) is 22.2 Å². The molecule has 1 aliphatic rings. The molecule has 0 bridgehead atoms. The maximum atomic E-state index is 2.56. The van der Waals surface area contributed by atoms with E-state index < -0.39 is 8.07 Å². The number of hydrogen-bond donors (Lipinski definition) is 1. The van der Waals surface area contributed by atoms with Gasteiger partial charge in [-0.2, -0.15) is 0 Å². The van der Waals surface area contributed by atoms with Crippen LogP contribution in [0, 0.1) is 0 Å². The third-order valence-electron chi connectivity index (χ3n) is 11.1. The van der Waals surface area contributed by atoms with Gasteiger partial charge in [-0.3, -0.25) is 0 Å². The third kappa shape index (κ3) is 6.00. The van der Waals surface area contributed by atoms with Crippen LogP contribution in [0.5, 0.6) is 0 Å². The van der Waals surface area contributed by atoms with E-state index in [1.165, 1.54) is 71.2 Å². The number of thiol groups is 1. The molecule has 8 rings (SSSR count). The summed E-state index contributed by atoms with van der Waals surface area (Å²) < 4.78 is 0. The first-order valence-corrected chi connectivity index (χ1v) is 24.2. The molecule has 0 aromatic heterocycles. The van der Waals surface area contributed by atoms with Gasteiger partial charge in [0, 0.05) is 28.4 Å². The smallest absolute Gasteiger partial charge is 0.0775 e. The van der Waals surface area contributed by atoms with Gasteiger partial charge >= 0.3 is 0 Å². The molecule has 7 aromatic carbocycles. The summed E-state index contributed by atoms with van der Waals surface area (Å²) >= 11 is 0. The van der Waals surface area contributed by atoms with Crippen molar-refractivity contribution in [1.82, 2.24) is 0 Å². The van der Waals surface area contributed by atoms with Crippen molar-refractivity contribution in [1.29, 1.82) is 0 Å². The molecular formula is C49H49NSSi. The van der Waals surface area contributed by atoms with E-state index in [9.17, 15) is 0 Å². The van der Waals surface area contributed by atoms with Crippen molar-refractivity contribution < 1.29 is 0 Å². The fourth-order valence-corrected chi connectivity index (χ4v) is 10.2. The van der Waals surface area contributed by atoms with Crippen molar-refractivity contribution in [3.8, 4) is 11.1 Å². The van der Waals surface area contributed by atoms with Crippen LogP contribution in [0.1, 0.15) is 47.6 Å². The van der Waals surface area contributed by atoms with Crippen molar-refractivity contribution in [3.05, 3.63) is 186 Å². The Labute approximate surface area is 314 Å². The van der Waals surface area contributed by atoms with E-state index in [1.54, 1.807) is 0 Å². The molecule has 0 amide bonds. The maximum absolute atomic E-state index is 2.56. The summed E-state index contributed by atoms with van der Waals surface area (Å²) in [5.41, 5.74) is 12.9. The minimum absolute atomic E-state index is 0.117. The van der Waals surface area contributed by atoms with E-state index >= 15 is 0 Å². The van der Waals surface area contributed by atoms with E-state index in [4.69, 9.17) is 0 Å². The lowest BCUT2D eigenvalue weighted by Crippen LogP contribution is -2.37. The van der Waals surface area contributed by atoms with Gasteiger partial charge in [-0.25, -0.2) is 10.9 Å². The first-order chi connectivity index (χ1) is 25.0. The Morgan fingerprint density at radius 3 is 1.73 bits per heavy atom. The lowest BCUT2D eigenvalue weighted by atomic mass is 9.77. The van der Waals surface area contributed by atoms with Gasteiger partial charge in [0.25, 0.3) is 0 Å². The summed E-state index contributed by atoms with van der Waals surface area (Å²) in [4.78, 5) is 3.83. The van der Waals surface area contributed by atoms with E-state index in [2.05, 4.69) is 209 Å². The second-order valence-electron chi connectivity index (χ2n) is 16.1. The highest BCUT2D eigenvalue weighted by Gasteiger charge is 2.38. The Bertz CT molecular complexity index is 2370. The molecule has 3 heteroatoms. The largest absolute Gasteiger partial charge is 0.310 e. The van der Waals surface area contributed by atoms with Crippen LogP contribution in [0.15, 0.2) is 163 Å². The molecule has 0 aliphatic heterocycles. The number of nitrogens with zero attached hydrogens (tertiary/aromatic N) is 1. The minimum Gasteiger partial charge on any atom is -0.310 e. The number of anilines is 3. The Balaban J connectivity index is 1.31. The second kappa shape index (κ2) is 13.3. The zero-order valence-electron chi connectivity index (χ0n) is 31.5. The highest BCUT2D eigenvalue weighted by molar-refractivity contribution is 8.15. The SMILES string of the molecule is C[SH](C)c1ccc(N(c2ccccc2)c2ccc3c(c2)C(C)(C)c2cc(C(c4ccccc4)c4ccc([Si](C)(C)C)cc4)c4ccccc4c2-3)cc1. The Morgan fingerprint density at radius 2 is 1.10 bits per heavy atom. The molecule has 7 aromatic rings. The summed E-state index contributed by atoms with van der Waals surface area (Å²) in [6.45, 7) is 12.1. The topological polar surface area (TPSA) is 3.24 Å². The van der Waals surface area contributed by atoms with Crippen LogP contribution in [0.3, 0.4) is 0 Å². The van der Waals surface area contributed by atoms with E-state index in [1.807, 2.05) is 0 Å². The Morgan fingerprint density at radius 1 is 0.538 bits per heavy atom. The standard InChI is InChI=1S/C49H49NSSi/c1-49(2)45-32-38(50(36-18-12-9-13-19-36)37-24-27-39(28-25-37)51(3)4)26-31-43(45)48-42-21-15-14-20-41(42)44(33-46(48)49)47(34-16-10-8-11-17-34)35-22-29-40(30-23-35)52(5,6)7/h8-33,47,51H,1-7H3. The number of benzene rings is 7. The molecule has 0 radical (unpaired) electrons. The predicted molar refractivity (Wildman–Crippen MR) is 232 cm³/mol. The quantitative estimate of drug-likeness (QED) is 0.0933. The number of fused-ring (bicyclic) bond motifs is 5. The lowest BCUT2D eigenvalue weighted by molar-refractivity contribution is 0.659. The first kappa shape index (κ1) is 34.3. The summed E-state index contributed by atoms with van der Waals surface area (Å²) in [6.07, 6.45) is 4.64. The van der Waals surface area contributed by atoms with Crippen LogP contribution in [0.2, 0.25) is 19.6 Å². The van der Waals surface area contributed by atoms with Crippen LogP contribution in [0.4, 0.5) is 17.1 Å². The van der Waals surface area contributed by atoms with Gasteiger partial charge in [-0.15, -0.1) is 0 Å². The highest BCUT2D eigenvalue weighted by atomic mass is 32.2. The molecule has 0 saturated carbocycles. The molecular weight excluding hydrogens is 663 g/mol. The zero-order valence-corrected chi connectivity index (χ0v) is 33.4. The van der Waals surface area contributed by atoms with E-state index in [0.29, 0.717) is 0 Å². The predicted octanol–water partition coefficient (Wildman–Crippen LogP) is 13.0. The van der Waals surface area contributed by atoms with Gasteiger partial charge in [0.1, 0.15) is 0 Å². The molecule has 1 unspecified atom stereocenters. The van der Waals surface area contributed by atoms with Crippen molar-refractivity contribution >= 4 is 52.0 Å². The van der Waals surface area contributed by atoms with Gasteiger partial charge in [0.05, 0.1) is 8.07 Å². The molecule has 1 nitrogen and oxygen atoms in total. The number of hydrogen-bond acceptors (Lipinski definition) is 1. The fourth-order valence-electron chi connectivity index (χ4n) is 8.27. The Hall–Kier alpha value is -4.83. The maximum Gasteiger partial charge on any atom is 0.0775 e. The monoisotopic (exact) mass is 711 g/mol. The zero-order chi connectivity index (χ0) is 36.2. The molecule has 0 spiro atoms. The number of rotatable bonds is 8. The molecule has 52 heavy (non-hydrogen) atoms. The van der Waals surface area contributed by atoms with Gasteiger partial charge < -0.3 is 4.90 Å². The fraction of sp³-hybridized carbons (Fsp3) is 0.184. The molecule has 260 valence electrons. The van der Waals surface area contributed by atoms with Crippen LogP contribution >= 0.6 is 10.9 Å². The second-order valence-corrected chi connectivity index (χ2v) is 23.5. The summed E-state index contributed by atoms with van der Waals surface area (Å²) in [5, 5.41) is 4.16. The Kier molecular flexibility index (Phi) is 8.76. The van der Waals surface area contributed by atoms with Gasteiger partial charge in [-0.05, 0) is 116 Å². The van der Waals surface area contributed by atoms with Crippen LogP contribution in [0.25, 0.3) is 21.9 Å². The van der Waals surface area contributed by atoms with Crippen LogP contribution in [-0.2, 0) is 5.41 Å². The molecule has 0 heterocycles. The molecule has 1 atom stereocenters. The lowest BCUT2D eigenvalue weighted by Gasteiger charge is -2.29. The average Bonchev–Trinajstić information content (AvgIpc) is 3.38. The van der Waals surface area contributed by atoms with Crippen LogP contribution in [-0.4, -0.2) is 20.6 Å². The van der Waals surface area contributed by atoms with Crippen molar-refractivity contribution in [3.63, 3.8) is 0 Å². The van der Waals surface area contributed by atoms with Crippen LogP contribution < -0.4 is 10.1 Å². The molecule has 0 N–H and O–H groups in total. The highest BCUT2D eigenvalue weighted by Crippen LogP contribution is 2.55. The number of para-hydroxylation sites is 1. The first-order valence-electron chi connectivity index (χ1n) is 18.5. The van der Waals surface area contributed by atoms with Gasteiger partial charge in [-0.1, -0.05) is 148 Å². The van der Waals surface area contributed by atoms with E-state index in [0.717, 1.165) is 5.69 Å². The van der Waals surface area contributed by atoms with Crippen molar-refractivity contribution in [2.24, 2.45) is 0 Å². The molecule has 0 fully saturated rings.